The Morgan fingerprint density at radius 2 is 2.00 bits per heavy atom. The Kier molecular flexibility index (Phi) is 4.67. The molecule has 0 radical (unpaired) electrons. The third-order valence-electron chi connectivity index (χ3n) is 5.36. The Hall–Kier alpha value is -3.72. The molecule has 7 nitrogen and oxygen atoms in total. The maximum atomic E-state index is 15.2. The van der Waals surface area contributed by atoms with E-state index in [-0.39, 0.29) is 23.1 Å². The molecule has 1 atom stereocenters. The number of aromatic nitrogens is 6. The Morgan fingerprint density at radius 1 is 1.13 bits per heavy atom. The van der Waals surface area contributed by atoms with Gasteiger partial charge in [-0.1, -0.05) is 6.92 Å². The summed E-state index contributed by atoms with van der Waals surface area (Å²) in [6, 6.07) is 8.06. The number of imidazole rings is 1. The Morgan fingerprint density at radius 3 is 2.84 bits per heavy atom. The van der Waals surface area contributed by atoms with Gasteiger partial charge in [0.15, 0.2) is 5.65 Å². The monoisotopic (exact) mass is 420 g/mol. The molecule has 4 aromatic heterocycles. The van der Waals surface area contributed by atoms with E-state index in [1.165, 1.54) is 12.3 Å². The van der Waals surface area contributed by atoms with Crippen molar-refractivity contribution in [3.8, 4) is 11.3 Å². The van der Waals surface area contributed by atoms with Gasteiger partial charge in [-0.25, -0.2) is 18.3 Å². The van der Waals surface area contributed by atoms with Crippen molar-refractivity contribution in [2.24, 2.45) is 0 Å². The minimum Gasteiger partial charge on any atom is -0.394 e. The van der Waals surface area contributed by atoms with Gasteiger partial charge < -0.3 is 5.11 Å². The van der Waals surface area contributed by atoms with Crippen LogP contribution >= 0.6 is 0 Å². The van der Waals surface area contributed by atoms with Crippen molar-refractivity contribution in [2.75, 3.05) is 6.61 Å². The van der Waals surface area contributed by atoms with E-state index in [4.69, 9.17) is 5.11 Å². The fourth-order valence-electron chi connectivity index (χ4n) is 3.77. The predicted molar refractivity (Wildman–Crippen MR) is 110 cm³/mol. The van der Waals surface area contributed by atoms with Crippen LogP contribution in [0.15, 0.2) is 55.1 Å². The highest BCUT2D eigenvalue weighted by molar-refractivity contribution is 5.80. The van der Waals surface area contributed by atoms with Gasteiger partial charge in [0.2, 0.25) is 0 Å². The van der Waals surface area contributed by atoms with E-state index >= 15 is 4.39 Å². The molecule has 1 aromatic carbocycles. The molecule has 0 spiro atoms. The highest BCUT2D eigenvalue weighted by atomic mass is 19.1. The number of hydrogen-bond donors (Lipinski definition) is 1. The topological polar surface area (TPSA) is 81.1 Å². The van der Waals surface area contributed by atoms with Crippen LogP contribution in [0.1, 0.15) is 24.1 Å². The Labute approximate surface area is 175 Å². The van der Waals surface area contributed by atoms with E-state index < -0.39 is 17.6 Å². The molecule has 0 amide bonds. The number of halogens is 2. The van der Waals surface area contributed by atoms with Gasteiger partial charge in [-0.15, -0.1) is 0 Å². The molecule has 156 valence electrons. The summed E-state index contributed by atoms with van der Waals surface area (Å²) >= 11 is 0. The van der Waals surface area contributed by atoms with Crippen LogP contribution in [0.2, 0.25) is 0 Å². The first kappa shape index (κ1) is 19.3. The first-order chi connectivity index (χ1) is 15.1. The van der Waals surface area contributed by atoms with Crippen LogP contribution in [-0.2, 0) is 6.54 Å². The molecule has 9 heteroatoms. The summed E-state index contributed by atoms with van der Waals surface area (Å²) in [7, 11) is 0. The maximum Gasteiger partial charge on any atom is 0.153 e. The van der Waals surface area contributed by atoms with Gasteiger partial charge in [-0.3, -0.25) is 9.67 Å². The summed E-state index contributed by atoms with van der Waals surface area (Å²) < 4.78 is 33.3. The van der Waals surface area contributed by atoms with Crippen molar-refractivity contribution >= 4 is 16.6 Å². The number of rotatable bonds is 5. The fourth-order valence-corrected chi connectivity index (χ4v) is 3.77. The molecular formula is C22H18F2N6O. The molecule has 0 saturated heterocycles. The van der Waals surface area contributed by atoms with E-state index in [1.54, 1.807) is 59.0 Å². The SMILES string of the molecule is C[C@H](c1c(F)cc2ncccc2c1F)c1cnc2ccc(-c3cnn(CCO)c3)nn12. The van der Waals surface area contributed by atoms with Crippen LogP contribution in [0, 0.1) is 11.6 Å². The first-order valence-electron chi connectivity index (χ1n) is 9.78. The second-order valence-electron chi connectivity index (χ2n) is 7.27. The molecule has 0 aliphatic heterocycles. The molecule has 0 bridgehead atoms. The first-order valence-corrected chi connectivity index (χ1v) is 9.78. The van der Waals surface area contributed by atoms with Crippen LogP contribution in [0.5, 0.6) is 0 Å². The van der Waals surface area contributed by atoms with E-state index in [2.05, 4.69) is 20.2 Å². The normalized spacial score (nSPS) is 12.6. The largest absolute Gasteiger partial charge is 0.394 e. The molecule has 0 aliphatic rings. The summed E-state index contributed by atoms with van der Waals surface area (Å²) in [5.74, 6) is -1.93. The average Bonchev–Trinajstić information content (AvgIpc) is 3.40. The van der Waals surface area contributed by atoms with E-state index in [0.29, 0.717) is 23.6 Å². The van der Waals surface area contributed by atoms with Crippen LogP contribution in [-0.4, -0.2) is 41.1 Å². The van der Waals surface area contributed by atoms with Gasteiger partial charge in [0, 0.05) is 40.9 Å². The lowest BCUT2D eigenvalue weighted by Gasteiger charge is -2.15. The van der Waals surface area contributed by atoms with Gasteiger partial charge >= 0.3 is 0 Å². The van der Waals surface area contributed by atoms with Crippen molar-refractivity contribution in [1.82, 2.24) is 29.4 Å². The zero-order valence-electron chi connectivity index (χ0n) is 16.6. The van der Waals surface area contributed by atoms with E-state index in [9.17, 15) is 4.39 Å². The number of fused-ring (bicyclic) bond motifs is 2. The average molecular weight is 420 g/mol. The summed E-state index contributed by atoms with van der Waals surface area (Å²) in [4.78, 5) is 8.39. The lowest BCUT2D eigenvalue weighted by atomic mass is 9.95. The van der Waals surface area contributed by atoms with Gasteiger partial charge in [-0.2, -0.15) is 10.2 Å². The van der Waals surface area contributed by atoms with E-state index in [1.807, 2.05) is 0 Å². The highest BCUT2D eigenvalue weighted by Crippen LogP contribution is 2.33. The summed E-state index contributed by atoms with van der Waals surface area (Å²) in [5, 5.41) is 18.2. The van der Waals surface area contributed by atoms with Crippen molar-refractivity contribution in [3.63, 3.8) is 0 Å². The second kappa shape index (κ2) is 7.51. The maximum absolute atomic E-state index is 15.2. The van der Waals surface area contributed by atoms with Gasteiger partial charge in [0.25, 0.3) is 0 Å². The third kappa shape index (κ3) is 3.23. The number of benzene rings is 1. The molecule has 0 saturated carbocycles. The minimum absolute atomic E-state index is 0.0187. The molecule has 5 aromatic rings. The molecule has 1 N–H and O–H groups in total. The smallest absolute Gasteiger partial charge is 0.153 e. The summed E-state index contributed by atoms with van der Waals surface area (Å²) in [6.45, 7) is 2.08. The molecular weight excluding hydrogens is 402 g/mol. The second-order valence-corrected chi connectivity index (χ2v) is 7.27. The van der Waals surface area contributed by atoms with E-state index in [0.717, 1.165) is 5.56 Å². The molecule has 0 unspecified atom stereocenters. The molecule has 31 heavy (non-hydrogen) atoms. The predicted octanol–water partition coefficient (Wildman–Crippen LogP) is 3.56. The molecule has 4 heterocycles. The number of aliphatic hydroxyl groups excluding tert-OH is 1. The van der Waals surface area contributed by atoms with Gasteiger partial charge in [-0.05, 0) is 24.3 Å². The third-order valence-corrected chi connectivity index (χ3v) is 5.36. The standard InChI is InChI=1S/C22H18F2N6O/c1-13(21-16(23)9-18-15(22(21)24)3-2-6-25-18)19-11-26-20-5-4-17(28-30(19)20)14-10-27-29(12-14)7-8-31/h2-6,9-13,31H,7-8H2,1H3/t13-/m0/s1. The quantitative estimate of drug-likeness (QED) is 0.470. The van der Waals surface area contributed by atoms with Gasteiger partial charge in [0.1, 0.15) is 11.6 Å². The van der Waals surface area contributed by atoms with Crippen molar-refractivity contribution in [3.05, 3.63) is 78.0 Å². The van der Waals surface area contributed by atoms with Crippen LogP contribution in [0.25, 0.3) is 27.8 Å². The van der Waals surface area contributed by atoms with Crippen molar-refractivity contribution < 1.29 is 13.9 Å². The molecule has 0 aliphatic carbocycles. The lowest BCUT2D eigenvalue weighted by molar-refractivity contribution is 0.269. The Bertz CT molecular complexity index is 1410. The number of hydrogen-bond acceptors (Lipinski definition) is 5. The summed E-state index contributed by atoms with van der Waals surface area (Å²) in [6.07, 6.45) is 6.51. The van der Waals surface area contributed by atoms with Crippen molar-refractivity contribution in [2.45, 2.75) is 19.4 Å². The van der Waals surface area contributed by atoms with Crippen molar-refractivity contribution in [1.29, 1.82) is 0 Å². The Balaban J connectivity index is 1.61. The number of pyridine rings is 1. The molecule has 5 rings (SSSR count). The van der Waals surface area contributed by atoms with Crippen LogP contribution < -0.4 is 0 Å². The lowest BCUT2D eigenvalue weighted by Crippen LogP contribution is -2.08. The summed E-state index contributed by atoms with van der Waals surface area (Å²) in [5.41, 5.74) is 2.73. The minimum atomic E-state index is -0.660. The molecule has 0 fully saturated rings. The zero-order chi connectivity index (χ0) is 21.5. The van der Waals surface area contributed by atoms with Crippen LogP contribution in [0.4, 0.5) is 8.78 Å². The zero-order valence-corrected chi connectivity index (χ0v) is 16.6. The number of nitrogens with zero attached hydrogens (tertiary/aromatic N) is 6. The number of aliphatic hydroxyl groups is 1. The highest BCUT2D eigenvalue weighted by Gasteiger charge is 2.24. The van der Waals surface area contributed by atoms with Crippen LogP contribution in [0.3, 0.4) is 0 Å². The fraction of sp³-hybridized carbons (Fsp3) is 0.182. The van der Waals surface area contributed by atoms with Gasteiger partial charge in [0.05, 0.1) is 42.4 Å².